The summed E-state index contributed by atoms with van der Waals surface area (Å²) in [5, 5.41) is 8.36. The highest BCUT2D eigenvalue weighted by Gasteiger charge is 2.28. The number of rotatable bonds is 6. The highest BCUT2D eigenvalue weighted by molar-refractivity contribution is 7.94. The molecule has 0 unspecified atom stereocenters. The van der Waals surface area contributed by atoms with E-state index in [0.717, 1.165) is 11.3 Å². The van der Waals surface area contributed by atoms with Crippen LogP contribution in [0.2, 0.25) is 0 Å². The minimum Gasteiger partial charge on any atom is -0.340 e. The summed E-state index contributed by atoms with van der Waals surface area (Å²) >= 11 is 1.13. The Hall–Kier alpha value is -2.72. The van der Waals surface area contributed by atoms with Gasteiger partial charge in [-0.15, -0.1) is 11.3 Å². The second-order valence-electron chi connectivity index (χ2n) is 6.33. The number of nitrogens with zero attached hydrogens (tertiary/aromatic N) is 2. The molecule has 0 spiro atoms. The molecule has 1 aromatic carbocycles. The number of anilines is 1. The summed E-state index contributed by atoms with van der Waals surface area (Å²) < 4.78 is 32.1. The van der Waals surface area contributed by atoms with Crippen LogP contribution in [0.3, 0.4) is 0 Å². The number of aromatic nitrogens is 2. The molecule has 142 valence electrons. The van der Waals surface area contributed by atoms with Crippen molar-refractivity contribution in [2.45, 2.75) is 30.5 Å². The van der Waals surface area contributed by atoms with Gasteiger partial charge in [-0.05, 0) is 49.6 Å². The van der Waals surface area contributed by atoms with E-state index in [9.17, 15) is 13.2 Å². The molecule has 0 bridgehead atoms. The van der Waals surface area contributed by atoms with Crippen LogP contribution in [0, 0.1) is 6.92 Å². The lowest BCUT2D eigenvalue weighted by Gasteiger charge is -2.22. The molecule has 0 aliphatic heterocycles. The second-order valence-corrected chi connectivity index (χ2v) is 9.19. The number of hydrogen-bond acceptors (Lipinski definition) is 7. The molecule has 0 aliphatic carbocycles. The molecule has 2 heterocycles. The highest BCUT2D eigenvalue weighted by Crippen LogP contribution is 2.21. The number of sulfonamides is 1. The van der Waals surface area contributed by atoms with Gasteiger partial charge in [0.1, 0.15) is 4.21 Å². The maximum atomic E-state index is 12.5. The van der Waals surface area contributed by atoms with E-state index in [1.54, 1.807) is 44.4 Å². The number of carbonyl (C=O) groups excluding carboxylic acids is 1. The summed E-state index contributed by atoms with van der Waals surface area (Å²) in [4.78, 5) is 16.6. The van der Waals surface area contributed by atoms with Crippen LogP contribution >= 0.6 is 11.3 Å². The largest absolute Gasteiger partial charge is 0.340 e. The fraction of sp³-hybridized carbons (Fsp3) is 0.235. The molecular formula is C17H18N4O4S2. The van der Waals surface area contributed by atoms with Crippen LogP contribution in [0.4, 0.5) is 5.69 Å². The van der Waals surface area contributed by atoms with E-state index in [-0.39, 0.29) is 10.1 Å². The summed E-state index contributed by atoms with van der Waals surface area (Å²) in [6.45, 7) is 5.20. The molecule has 0 atom stereocenters. The third-order valence-corrected chi connectivity index (χ3v) is 6.45. The Kier molecular flexibility index (Phi) is 5.03. The minimum atomic E-state index is -3.62. The second kappa shape index (κ2) is 7.12. The number of aryl methyl sites for hydroxylation is 1. The molecule has 0 saturated heterocycles. The first-order valence-corrected chi connectivity index (χ1v) is 10.3. The first kappa shape index (κ1) is 19.1. The molecular weight excluding hydrogens is 388 g/mol. The van der Waals surface area contributed by atoms with E-state index >= 15 is 0 Å². The van der Waals surface area contributed by atoms with Gasteiger partial charge in [0.15, 0.2) is 5.82 Å². The van der Waals surface area contributed by atoms with Gasteiger partial charge in [0.05, 0.1) is 5.54 Å². The maximum absolute atomic E-state index is 12.5. The van der Waals surface area contributed by atoms with E-state index in [1.165, 1.54) is 18.2 Å². The lowest BCUT2D eigenvalue weighted by Crippen LogP contribution is -2.41. The van der Waals surface area contributed by atoms with Crippen molar-refractivity contribution in [1.29, 1.82) is 0 Å². The molecule has 0 saturated carbocycles. The SMILES string of the molecule is Cc1nc(C(C)(C)NC(=O)c2ccc(NS(=O)(=O)c3cccs3)cc2)no1. The van der Waals surface area contributed by atoms with Crippen molar-refractivity contribution in [2.75, 3.05) is 4.72 Å². The zero-order valence-electron chi connectivity index (χ0n) is 14.9. The summed E-state index contributed by atoms with van der Waals surface area (Å²) in [6.07, 6.45) is 0. The van der Waals surface area contributed by atoms with Crippen LogP contribution < -0.4 is 10.0 Å². The number of benzene rings is 1. The maximum Gasteiger partial charge on any atom is 0.271 e. The molecule has 2 aromatic heterocycles. The normalized spacial score (nSPS) is 12.0. The van der Waals surface area contributed by atoms with Crippen molar-refractivity contribution >= 4 is 33.0 Å². The van der Waals surface area contributed by atoms with E-state index < -0.39 is 15.6 Å². The molecule has 27 heavy (non-hydrogen) atoms. The number of nitrogens with one attached hydrogen (secondary N) is 2. The van der Waals surface area contributed by atoms with Gasteiger partial charge < -0.3 is 9.84 Å². The van der Waals surface area contributed by atoms with Gasteiger partial charge >= 0.3 is 0 Å². The minimum absolute atomic E-state index is 0.224. The molecule has 8 nitrogen and oxygen atoms in total. The standard InChI is InChI=1S/C17H18N4O4S2/c1-11-18-16(20-25-11)17(2,3)19-15(22)12-6-8-13(9-7-12)21-27(23,24)14-5-4-10-26-14/h4-10,21H,1-3H3,(H,19,22). The Balaban J connectivity index is 1.70. The van der Waals surface area contributed by atoms with Gasteiger partial charge in [0.2, 0.25) is 5.89 Å². The van der Waals surface area contributed by atoms with E-state index in [0.29, 0.717) is 23.0 Å². The summed E-state index contributed by atoms with van der Waals surface area (Å²) in [5.41, 5.74) is -0.0794. The Morgan fingerprint density at radius 3 is 2.44 bits per heavy atom. The predicted octanol–water partition coefficient (Wildman–Crippen LogP) is 2.91. The summed E-state index contributed by atoms with van der Waals surface area (Å²) in [5.74, 6) is 0.443. The van der Waals surface area contributed by atoms with Gasteiger partial charge in [-0.1, -0.05) is 11.2 Å². The number of carbonyl (C=O) groups is 1. The molecule has 0 radical (unpaired) electrons. The molecule has 1 amide bonds. The Labute approximate surface area is 160 Å². The van der Waals surface area contributed by atoms with Crippen LogP contribution in [0.1, 0.15) is 35.9 Å². The molecule has 3 rings (SSSR count). The summed E-state index contributed by atoms with van der Waals surface area (Å²) in [7, 11) is -3.62. The fourth-order valence-electron chi connectivity index (χ4n) is 2.28. The molecule has 0 aliphatic rings. The zero-order chi connectivity index (χ0) is 19.7. The van der Waals surface area contributed by atoms with E-state index in [2.05, 4.69) is 20.2 Å². The van der Waals surface area contributed by atoms with Crippen molar-refractivity contribution in [1.82, 2.24) is 15.5 Å². The topological polar surface area (TPSA) is 114 Å². The molecule has 10 heteroatoms. The van der Waals surface area contributed by atoms with Crippen LogP contribution in [-0.4, -0.2) is 24.5 Å². The molecule has 0 fully saturated rings. The number of amides is 1. The molecule has 2 N–H and O–H groups in total. The van der Waals surface area contributed by atoms with Gasteiger partial charge in [0.25, 0.3) is 15.9 Å². The smallest absolute Gasteiger partial charge is 0.271 e. The number of hydrogen-bond donors (Lipinski definition) is 2. The van der Waals surface area contributed by atoms with Crippen molar-refractivity contribution in [3.8, 4) is 0 Å². The fourth-order valence-corrected chi connectivity index (χ4v) is 4.33. The first-order valence-electron chi connectivity index (χ1n) is 7.97. The Bertz CT molecular complexity index is 1040. The van der Waals surface area contributed by atoms with Crippen LogP contribution in [-0.2, 0) is 15.6 Å². The molecule has 3 aromatic rings. The van der Waals surface area contributed by atoms with E-state index in [4.69, 9.17) is 4.52 Å². The Morgan fingerprint density at radius 1 is 1.19 bits per heavy atom. The van der Waals surface area contributed by atoms with Gasteiger partial charge in [-0.25, -0.2) is 8.42 Å². The van der Waals surface area contributed by atoms with Gasteiger partial charge in [-0.3, -0.25) is 9.52 Å². The van der Waals surface area contributed by atoms with Crippen molar-refractivity contribution in [3.63, 3.8) is 0 Å². The average molecular weight is 406 g/mol. The third kappa shape index (κ3) is 4.34. The monoisotopic (exact) mass is 406 g/mol. The van der Waals surface area contributed by atoms with Crippen molar-refractivity contribution < 1.29 is 17.7 Å². The van der Waals surface area contributed by atoms with Crippen LogP contribution in [0.15, 0.2) is 50.5 Å². The lowest BCUT2D eigenvalue weighted by atomic mass is 10.0. The first-order chi connectivity index (χ1) is 12.7. The van der Waals surface area contributed by atoms with Gasteiger partial charge in [-0.2, -0.15) is 4.98 Å². The van der Waals surface area contributed by atoms with E-state index in [1.807, 2.05) is 0 Å². The van der Waals surface area contributed by atoms with Crippen LogP contribution in [0.5, 0.6) is 0 Å². The van der Waals surface area contributed by atoms with Crippen molar-refractivity contribution in [3.05, 3.63) is 59.1 Å². The van der Waals surface area contributed by atoms with Crippen molar-refractivity contribution in [2.24, 2.45) is 0 Å². The third-order valence-electron chi connectivity index (χ3n) is 3.67. The summed E-state index contributed by atoms with van der Waals surface area (Å²) in [6, 6.07) is 9.34. The zero-order valence-corrected chi connectivity index (χ0v) is 16.5. The lowest BCUT2D eigenvalue weighted by molar-refractivity contribution is 0.0907. The average Bonchev–Trinajstić information content (AvgIpc) is 3.26. The van der Waals surface area contributed by atoms with Gasteiger partial charge in [0, 0.05) is 18.2 Å². The quantitative estimate of drug-likeness (QED) is 0.650. The number of thiophene rings is 1. The Morgan fingerprint density at radius 2 is 1.89 bits per heavy atom. The van der Waals surface area contributed by atoms with Crippen LogP contribution in [0.25, 0.3) is 0 Å². The highest BCUT2D eigenvalue weighted by atomic mass is 32.2. The predicted molar refractivity (Wildman–Crippen MR) is 101 cm³/mol.